The number of hydrogen-bond acceptors (Lipinski definition) is 5. The van der Waals surface area contributed by atoms with Gasteiger partial charge in [0.15, 0.2) is 11.6 Å². The summed E-state index contributed by atoms with van der Waals surface area (Å²) in [5.74, 6) is 0.355. The molecule has 6 nitrogen and oxygen atoms in total. The van der Waals surface area contributed by atoms with Crippen molar-refractivity contribution in [2.75, 3.05) is 36.5 Å². The predicted molar refractivity (Wildman–Crippen MR) is 92.2 cm³/mol. The highest BCUT2D eigenvalue weighted by Gasteiger charge is 2.56. The first-order valence-corrected chi connectivity index (χ1v) is 9.10. The molecule has 3 aliphatic rings. The molecule has 148 valence electrons. The Morgan fingerprint density at radius 3 is 2.48 bits per heavy atom. The highest BCUT2D eigenvalue weighted by atomic mass is 19.4. The van der Waals surface area contributed by atoms with Crippen molar-refractivity contribution in [1.82, 2.24) is 4.98 Å². The van der Waals surface area contributed by atoms with Crippen molar-refractivity contribution in [3.63, 3.8) is 0 Å². The minimum absolute atomic E-state index is 0.120. The Hall–Kier alpha value is -2.19. The number of aliphatic carboxylic acids is 1. The molecule has 0 amide bonds. The van der Waals surface area contributed by atoms with Gasteiger partial charge in [-0.25, -0.2) is 4.98 Å². The van der Waals surface area contributed by atoms with Gasteiger partial charge in [-0.3, -0.25) is 4.79 Å². The molecule has 0 aromatic carbocycles. The van der Waals surface area contributed by atoms with Crippen LogP contribution in [0.1, 0.15) is 25.5 Å². The highest BCUT2D eigenvalue weighted by Crippen LogP contribution is 2.56. The topological polar surface area (TPSA) is 65.9 Å². The third-order valence-electron chi connectivity index (χ3n) is 6.14. The van der Waals surface area contributed by atoms with E-state index in [0.717, 1.165) is 12.5 Å². The first-order valence-electron chi connectivity index (χ1n) is 9.10. The van der Waals surface area contributed by atoms with Gasteiger partial charge in [-0.1, -0.05) is 0 Å². The van der Waals surface area contributed by atoms with Gasteiger partial charge in [-0.2, -0.15) is 13.2 Å². The van der Waals surface area contributed by atoms with Gasteiger partial charge in [0.2, 0.25) is 0 Å². The molecular weight excluding hydrogens is 363 g/mol. The van der Waals surface area contributed by atoms with Gasteiger partial charge >= 0.3 is 12.1 Å². The number of fused-ring (bicyclic) bond motifs is 1. The maximum Gasteiger partial charge on any atom is 0.433 e. The largest absolute Gasteiger partial charge is 0.491 e. The van der Waals surface area contributed by atoms with Crippen molar-refractivity contribution < 1.29 is 27.8 Å². The number of piperidine rings is 1. The van der Waals surface area contributed by atoms with Gasteiger partial charge in [0.1, 0.15) is 5.69 Å². The molecule has 4 atom stereocenters. The number of nitrogens with zero attached hydrogens (tertiary/aromatic N) is 3. The van der Waals surface area contributed by atoms with E-state index in [1.165, 1.54) is 7.11 Å². The normalized spacial score (nSPS) is 29.4. The molecule has 1 aliphatic carbocycles. The number of ether oxygens (including phenoxy) is 1. The Morgan fingerprint density at radius 2 is 2.04 bits per heavy atom. The van der Waals surface area contributed by atoms with Crippen LogP contribution < -0.4 is 14.5 Å². The first-order chi connectivity index (χ1) is 12.7. The summed E-state index contributed by atoms with van der Waals surface area (Å²) in [5.41, 5.74) is -0.523. The van der Waals surface area contributed by atoms with E-state index in [9.17, 15) is 18.0 Å². The van der Waals surface area contributed by atoms with Gasteiger partial charge in [0, 0.05) is 32.1 Å². The van der Waals surface area contributed by atoms with E-state index in [2.05, 4.69) is 4.98 Å². The van der Waals surface area contributed by atoms with Crippen molar-refractivity contribution in [3.05, 3.63) is 11.8 Å². The number of alkyl halides is 3. The second kappa shape index (κ2) is 6.17. The van der Waals surface area contributed by atoms with E-state index in [1.54, 1.807) is 0 Å². The molecule has 3 heterocycles. The van der Waals surface area contributed by atoms with Crippen LogP contribution in [-0.4, -0.2) is 48.8 Å². The molecule has 3 fully saturated rings. The number of pyridine rings is 1. The van der Waals surface area contributed by atoms with Gasteiger partial charge in [-0.15, -0.1) is 0 Å². The second-order valence-electron chi connectivity index (χ2n) is 7.71. The highest BCUT2D eigenvalue weighted by molar-refractivity contribution is 5.73. The fraction of sp³-hybridized carbons (Fsp3) is 0.667. The van der Waals surface area contributed by atoms with Gasteiger partial charge in [0.25, 0.3) is 0 Å². The average molecular weight is 385 g/mol. The van der Waals surface area contributed by atoms with Crippen LogP contribution in [0.3, 0.4) is 0 Å². The Balaban J connectivity index is 1.66. The fourth-order valence-electron chi connectivity index (χ4n) is 4.46. The summed E-state index contributed by atoms with van der Waals surface area (Å²) in [4.78, 5) is 18.5. The number of halogens is 3. The number of anilines is 2. The molecule has 0 bridgehead atoms. The second-order valence-corrected chi connectivity index (χ2v) is 7.71. The van der Waals surface area contributed by atoms with Crippen LogP contribution in [0.25, 0.3) is 0 Å². The van der Waals surface area contributed by atoms with E-state index in [4.69, 9.17) is 9.84 Å². The zero-order chi connectivity index (χ0) is 19.5. The molecule has 2 saturated heterocycles. The predicted octanol–water partition coefficient (Wildman–Crippen LogP) is 2.86. The summed E-state index contributed by atoms with van der Waals surface area (Å²) in [6, 6.07) is 1.18. The van der Waals surface area contributed by atoms with Gasteiger partial charge in [-0.05, 0) is 37.2 Å². The molecule has 0 unspecified atom stereocenters. The van der Waals surface area contributed by atoms with Crippen molar-refractivity contribution >= 4 is 17.5 Å². The fourth-order valence-corrected chi connectivity index (χ4v) is 4.46. The minimum atomic E-state index is -4.54. The molecule has 4 rings (SSSR count). The maximum atomic E-state index is 13.4. The van der Waals surface area contributed by atoms with Crippen LogP contribution in [0.15, 0.2) is 6.07 Å². The SMILES string of the molecule is COc1c(N2C[C@@H]3[C@@H](CC(=O)O)[C@@H]3C2)cc(C(F)(F)F)nc1N1CC[C@@H]1C. The third kappa shape index (κ3) is 3.06. The van der Waals surface area contributed by atoms with Crippen LogP contribution in [-0.2, 0) is 11.0 Å². The van der Waals surface area contributed by atoms with Crippen molar-refractivity contribution in [2.24, 2.45) is 17.8 Å². The summed E-state index contributed by atoms with van der Waals surface area (Å²) in [7, 11) is 1.45. The van der Waals surface area contributed by atoms with Crippen LogP contribution in [0, 0.1) is 17.8 Å². The number of carboxylic acids is 1. The Kier molecular flexibility index (Phi) is 4.16. The zero-order valence-electron chi connectivity index (χ0n) is 15.2. The molecule has 1 aromatic rings. The lowest BCUT2D eigenvalue weighted by atomic mass is 10.0. The van der Waals surface area contributed by atoms with Crippen LogP contribution in [0.4, 0.5) is 24.7 Å². The molecule has 0 spiro atoms. The zero-order valence-corrected chi connectivity index (χ0v) is 15.2. The standard InChI is InChI=1S/C18H22F3N3O3/c1-9-3-4-24(9)17-16(27-2)13(6-14(22-17)18(19,20)21)23-7-11-10(5-15(25)26)12(11)8-23/h6,9-12H,3-5,7-8H2,1-2H3,(H,25,26)/t9-,10-,11-,12+/m0/s1. The van der Waals surface area contributed by atoms with Crippen LogP contribution in [0.5, 0.6) is 5.75 Å². The number of rotatable bonds is 5. The Bertz CT molecular complexity index is 758. The number of carbonyl (C=O) groups is 1. The lowest BCUT2D eigenvalue weighted by Gasteiger charge is -2.41. The summed E-state index contributed by atoms with van der Waals surface area (Å²) < 4.78 is 45.8. The monoisotopic (exact) mass is 385 g/mol. The number of methoxy groups -OCH3 is 1. The van der Waals surface area contributed by atoms with Crippen molar-refractivity contribution in [2.45, 2.75) is 32.0 Å². The van der Waals surface area contributed by atoms with E-state index >= 15 is 0 Å². The molecule has 9 heteroatoms. The molecule has 2 aliphatic heterocycles. The summed E-state index contributed by atoms with van der Waals surface area (Å²) in [5, 5.41) is 8.95. The van der Waals surface area contributed by atoms with E-state index in [1.807, 2.05) is 16.7 Å². The number of carboxylic acid groups (broad SMARTS) is 1. The first kappa shape index (κ1) is 18.2. The molecule has 1 saturated carbocycles. The van der Waals surface area contributed by atoms with E-state index < -0.39 is 17.8 Å². The lowest BCUT2D eigenvalue weighted by Crippen LogP contribution is -2.46. The van der Waals surface area contributed by atoms with E-state index in [0.29, 0.717) is 31.1 Å². The quantitative estimate of drug-likeness (QED) is 0.841. The molecular formula is C18H22F3N3O3. The Morgan fingerprint density at radius 1 is 1.37 bits per heavy atom. The maximum absolute atomic E-state index is 13.4. The van der Waals surface area contributed by atoms with Crippen molar-refractivity contribution in [3.8, 4) is 5.75 Å². The average Bonchev–Trinajstić information content (AvgIpc) is 3.02. The summed E-state index contributed by atoms with van der Waals surface area (Å²) >= 11 is 0. The van der Waals surface area contributed by atoms with Gasteiger partial charge < -0.3 is 19.6 Å². The lowest BCUT2D eigenvalue weighted by molar-refractivity contribution is -0.141. The van der Waals surface area contributed by atoms with Gasteiger partial charge in [0.05, 0.1) is 12.8 Å². The number of aromatic nitrogens is 1. The summed E-state index contributed by atoms with van der Waals surface area (Å²) in [6.45, 7) is 3.70. The Labute approximate surface area is 154 Å². The molecule has 1 aromatic heterocycles. The molecule has 1 N–H and O–H groups in total. The third-order valence-corrected chi connectivity index (χ3v) is 6.14. The van der Waals surface area contributed by atoms with Crippen LogP contribution in [0.2, 0.25) is 0 Å². The van der Waals surface area contributed by atoms with E-state index in [-0.39, 0.29) is 36.0 Å². The molecule has 0 radical (unpaired) electrons. The number of hydrogen-bond donors (Lipinski definition) is 1. The smallest absolute Gasteiger partial charge is 0.433 e. The minimum Gasteiger partial charge on any atom is -0.491 e. The summed E-state index contributed by atoms with van der Waals surface area (Å²) in [6.07, 6.45) is -3.51. The molecule has 27 heavy (non-hydrogen) atoms. The van der Waals surface area contributed by atoms with Crippen LogP contribution >= 0.6 is 0 Å². The van der Waals surface area contributed by atoms with Crippen molar-refractivity contribution in [1.29, 1.82) is 0 Å².